The SMILES string of the molecule is CC(=O)NCCc1ccc(C(=O)C(C)Sc2nnc(C3CC3)n2C2CC2)cc1. The van der Waals surface area contributed by atoms with Gasteiger partial charge in [0.15, 0.2) is 10.9 Å². The first-order chi connectivity index (χ1) is 13.5. The normalized spacial score (nSPS) is 17.4. The zero-order valence-electron chi connectivity index (χ0n) is 16.4. The quantitative estimate of drug-likeness (QED) is 0.516. The van der Waals surface area contributed by atoms with Crippen molar-refractivity contribution < 1.29 is 9.59 Å². The van der Waals surface area contributed by atoms with Crippen LogP contribution in [0.4, 0.5) is 0 Å². The van der Waals surface area contributed by atoms with E-state index in [-0.39, 0.29) is 16.9 Å². The Kier molecular flexibility index (Phi) is 5.53. The average molecular weight is 399 g/mol. The molecule has 148 valence electrons. The van der Waals surface area contributed by atoms with Gasteiger partial charge in [0.05, 0.1) is 5.25 Å². The van der Waals surface area contributed by atoms with Gasteiger partial charge in [-0.3, -0.25) is 9.59 Å². The number of hydrogen-bond acceptors (Lipinski definition) is 5. The molecule has 1 aromatic carbocycles. The van der Waals surface area contributed by atoms with Gasteiger partial charge in [0.25, 0.3) is 0 Å². The number of nitrogens with zero attached hydrogens (tertiary/aromatic N) is 3. The second-order valence-corrected chi connectivity index (χ2v) is 9.08. The van der Waals surface area contributed by atoms with E-state index >= 15 is 0 Å². The highest BCUT2D eigenvalue weighted by molar-refractivity contribution is 8.00. The van der Waals surface area contributed by atoms with Crippen LogP contribution in [0.25, 0.3) is 0 Å². The van der Waals surface area contributed by atoms with E-state index in [1.54, 1.807) is 0 Å². The molecule has 1 atom stereocenters. The van der Waals surface area contributed by atoms with Crippen molar-refractivity contribution in [3.8, 4) is 0 Å². The van der Waals surface area contributed by atoms with Gasteiger partial charge in [-0.25, -0.2) is 0 Å². The summed E-state index contributed by atoms with van der Waals surface area (Å²) in [5, 5.41) is 12.3. The standard InChI is InChI=1S/C21H26N4O2S/c1-13(19(27)16-5-3-15(4-6-16)11-12-22-14(2)26)28-21-24-23-20(17-7-8-17)25(21)18-9-10-18/h3-6,13,17-18H,7-12H2,1-2H3,(H,22,26). The summed E-state index contributed by atoms with van der Waals surface area (Å²) in [6.45, 7) is 4.06. The minimum absolute atomic E-state index is 0.0264. The van der Waals surface area contributed by atoms with Crippen molar-refractivity contribution in [2.45, 2.75) is 68.3 Å². The molecular weight excluding hydrogens is 372 g/mol. The molecule has 28 heavy (non-hydrogen) atoms. The van der Waals surface area contributed by atoms with Gasteiger partial charge in [0.1, 0.15) is 5.82 Å². The topological polar surface area (TPSA) is 76.9 Å². The van der Waals surface area contributed by atoms with E-state index in [0.717, 1.165) is 23.0 Å². The predicted octanol–water partition coefficient (Wildman–Crippen LogP) is 3.53. The van der Waals surface area contributed by atoms with E-state index in [0.29, 0.717) is 24.1 Å². The van der Waals surface area contributed by atoms with E-state index in [1.807, 2.05) is 31.2 Å². The van der Waals surface area contributed by atoms with Gasteiger partial charge in [0.2, 0.25) is 5.91 Å². The second-order valence-electron chi connectivity index (χ2n) is 7.77. The number of amides is 1. The van der Waals surface area contributed by atoms with E-state index < -0.39 is 0 Å². The van der Waals surface area contributed by atoms with Crippen molar-refractivity contribution in [1.29, 1.82) is 0 Å². The molecule has 2 fully saturated rings. The largest absolute Gasteiger partial charge is 0.356 e. The van der Waals surface area contributed by atoms with Crippen molar-refractivity contribution in [3.05, 3.63) is 41.2 Å². The summed E-state index contributed by atoms with van der Waals surface area (Å²) in [6.07, 6.45) is 5.55. The Morgan fingerprint density at radius 3 is 2.50 bits per heavy atom. The molecule has 1 N–H and O–H groups in total. The number of benzene rings is 1. The van der Waals surface area contributed by atoms with E-state index in [9.17, 15) is 9.59 Å². The minimum Gasteiger partial charge on any atom is -0.356 e. The van der Waals surface area contributed by atoms with Gasteiger partial charge >= 0.3 is 0 Å². The molecule has 7 heteroatoms. The van der Waals surface area contributed by atoms with Gasteiger partial charge in [-0.2, -0.15) is 0 Å². The molecule has 0 spiro atoms. The Balaban J connectivity index is 1.39. The van der Waals surface area contributed by atoms with Crippen LogP contribution < -0.4 is 5.32 Å². The van der Waals surface area contributed by atoms with Crippen LogP contribution in [0.1, 0.15) is 73.2 Å². The monoisotopic (exact) mass is 398 g/mol. The Bertz CT molecular complexity index is 869. The van der Waals surface area contributed by atoms with Crippen molar-refractivity contribution >= 4 is 23.5 Å². The van der Waals surface area contributed by atoms with Crippen LogP contribution in [0.15, 0.2) is 29.4 Å². The van der Waals surface area contributed by atoms with Crippen molar-refractivity contribution in [1.82, 2.24) is 20.1 Å². The van der Waals surface area contributed by atoms with Crippen LogP contribution >= 0.6 is 11.8 Å². The molecule has 0 aliphatic heterocycles. The summed E-state index contributed by atoms with van der Waals surface area (Å²) in [6, 6.07) is 8.21. The highest BCUT2D eigenvalue weighted by Gasteiger charge is 2.37. The molecule has 1 heterocycles. The molecule has 2 saturated carbocycles. The summed E-state index contributed by atoms with van der Waals surface area (Å²) in [5.74, 6) is 1.77. The lowest BCUT2D eigenvalue weighted by atomic mass is 10.0. The van der Waals surface area contributed by atoms with Crippen LogP contribution in [-0.2, 0) is 11.2 Å². The summed E-state index contributed by atoms with van der Waals surface area (Å²) < 4.78 is 2.29. The lowest BCUT2D eigenvalue weighted by Gasteiger charge is -2.12. The number of rotatable bonds is 9. The number of ketones is 1. The summed E-state index contributed by atoms with van der Waals surface area (Å²) in [4.78, 5) is 23.8. The predicted molar refractivity (Wildman–Crippen MR) is 109 cm³/mol. The molecule has 0 bridgehead atoms. The molecule has 4 rings (SSSR count). The summed E-state index contributed by atoms with van der Waals surface area (Å²) >= 11 is 1.52. The maximum atomic E-state index is 12.9. The van der Waals surface area contributed by atoms with Gasteiger partial charge in [-0.15, -0.1) is 10.2 Å². The number of hydrogen-bond donors (Lipinski definition) is 1. The molecule has 1 unspecified atom stereocenters. The molecule has 2 aliphatic rings. The lowest BCUT2D eigenvalue weighted by molar-refractivity contribution is -0.118. The van der Waals surface area contributed by atoms with Crippen molar-refractivity contribution in [3.63, 3.8) is 0 Å². The number of Topliss-reactive ketones (excluding diaryl/α,β-unsaturated/α-hetero) is 1. The molecule has 6 nitrogen and oxygen atoms in total. The van der Waals surface area contributed by atoms with Crippen LogP contribution in [-0.4, -0.2) is 38.2 Å². The second kappa shape index (κ2) is 8.07. The Morgan fingerprint density at radius 1 is 1.18 bits per heavy atom. The highest BCUT2D eigenvalue weighted by Crippen LogP contribution is 2.46. The van der Waals surface area contributed by atoms with Gasteiger partial charge in [-0.1, -0.05) is 36.0 Å². The minimum atomic E-state index is -0.209. The average Bonchev–Trinajstić information content (AvgIpc) is 3.60. The molecule has 2 aliphatic carbocycles. The Hall–Kier alpha value is -2.15. The number of aromatic nitrogens is 3. The number of thioether (sulfide) groups is 1. The van der Waals surface area contributed by atoms with Crippen LogP contribution in [0.3, 0.4) is 0 Å². The number of nitrogens with one attached hydrogen (secondary N) is 1. The number of carbonyl (C=O) groups is 2. The smallest absolute Gasteiger partial charge is 0.216 e. The molecule has 0 radical (unpaired) electrons. The molecule has 1 aromatic heterocycles. The van der Waals surface area contributed by atoms with E-state index in [2.05, 4.69) is 20.1 Å². The first-order valence-electron chi connectivity index (χ1n) is 10.0. The summed E-state index contributed by atoms with van der Waals surface area (Å²) in [5.41, 5.74) is 1.82. The highest BCUT2D eigenvalue weighted by atomic mass is 32.2. The zero-order valence-corrected chi connectivity index (χ0v) is 17.2. The zero-order chi connectivity index (χ0) is 19.7. The van der Waals surface area contributed by atoms with E-state index in [1.165, 1.54) is 44.4 Å². The first-order valence-corrected chi connectivity index (χ1v) is 10.9. The first kappa shape index (κ1) is 19.2. The third kappa shape index (κ3) is 4.46. The van der Waals surface area contributed by atoms with Crippen molar-refractivity contribution in [2.24, 2.45) is 0 Å². The molecule has 1 amide bonds. The number of carbonyl (C=O) groups excluding carboxylic acids is 2. The van der Waals surface area contributed by atoms with Crippen molar-refractivity contribution in [2.75, 3.05) is 6.54 Å². The molecule has 2 aromatic rings. The fraction of sp³-hybridized carbons (Fsp3) is 0.524. The maximum Gasteiger partial charge on any atom is 0.216 e. The Morgan fingerprint density at radius 2 is 1.89 bits per heavy atom. The van der Waals surface area contributed by atoms with Gasteiger partial charge in [0, 0.05) is 31.0 Å². The van der Waals surface area contributed by atoms with Gasteiger partial charge in [-0.05, 0) is 44.6 Å². The summed E-state index contributed by atoms with van der Waals surface area (Å²) in [7, 11) is 0. The van der Waals surface area contributed by atoms with Crippen LogP contribution in [0, 0.1) is 0 Å². The molecule has 0 saturated heterocycles. The molecular formula is C21H26N4O2S. The van der Waals surface area contributed by atoms with Crippen LogP contribution in [0.2, 0.25) is 0 Å². The third-order valence-electron chi connectivity index (χ3n) is 5.22. The van der Waals surface area contributed by atoms with Gasteiger partial charge < -0.3 is 9.88 Å². The maximum absolute atomic E-state index is 12.9. The van der Waals surface area contributed by atoms with Crippen LogP contribution in [0.5, 0.6) is 0 Å². The Labute approximate surface area is 169 Å². The fourth-order valence-electron chi connectivity index (χ4n) is 3.33. The van der Waals surface area contributed by atoms with E-state index in [4.69, 9.17) is 0 Å². The fourth-order valence-corrected chi connectivity index (χ4v) is 4.33. The lowest BCUT2D eigenvalue weighted by Crippen LogP contribution is -2.22. The third-order valence-corrected chi connectivity index (χ3v) is 6.28.